The quantitative estimate of drug-likeness (QED) is 0.707. The Kier molecular flexibility index (Phi) is 4.48. The Hall–Kier alpha value is -2.28. The highest BCUT2D eigenvalue weighted by atomic mass is 32.1. The summed E-state index contributed by atoms with van der Waals surface area (Å²) in [6.45, 7) is 7.78. The van der Waals surface area contributed by atoms with Gasteiger partial charge in [-0.25, -0.2) is 0 Å². The minimum atomic E-state index is 0.132. The zero-order valence-corrected chi connectivity index (χ0v) is 16.2. The Morgan fingerprint density at radius 2 is 1.85 bits per heavy atom. The number of hydrogen-bond donors (Lipinski definition) is 0. The van der Waals surface area contributed by atoms with E-state index < -0.39 is 0 Å². The van der Waals surface area contributed by atoms with E-state index in [0.717, 1.165) is 47.3 Å². The lowest BCUT2D eigenvalue weighted by molar-refractivity contribution is 0.0712. The predicted molar refractivity (Wildman–Crippen MR) is 102 cm³/mol. The molecule has 0 unspecified atom stereocenters. The summed E-state index contributed by atoms with van der Waals surface area (Å²) >= 11 is 1.61. The summed E-state index contributed by atoms with van der Waals surface area (Å²) in [4.78, 5) is 15.6. The molecule has 0 N–H and O–H groups in total. The normalized spacial score (nSPS) is 15.9. The largest absolute Gasteiger partial charge is 0.339 e. The van der Waals surface area contributed by atoms with Crippen LogP contribution in [0.15, 0.2) is 24.3 Å². The first-order valence-electron chi connectivity index (χ1n) is 9.11. The maximum absolute atomic E-state index is 12.8. The third-order valence-electron chi connectivity index (χ3n) is 5.12. The van der Waals surface area contributed by atoms with Gasteiger partial charge < -0.3 is 4.90 Å². The van der Waals surface area contributed by atoms with Crippen LogP contribution in [0.5, 0.6) is 0 Å². The first-order valence-corrected chi connectivity index (χ1v) is 9.92. The second-order valence-corrected chi connectivity index (χ2v) is 8.21. The Balaban J connectivity index is 1.41. The average Bonchev–Trinajstić information content (AvgIpc) is 3.24. The second-order valence-electron chi connectivity index (χ2n) is 7.23. The molecule has 3 heterocycles. The number of aryl methyl sites for hydroxylation is 1. The summed E-state index contributed by atoms with van der Waals surface area (Å²) in [6, 6.07) is 8.03. The molecule has 0 saturated carbocycles. The molecule has 3 aromatic rings. The van der Waals surface area contributed by atoms with Crippen molar-refractivity contribution in [3.8, 4) is 0 Å². The Bertz CT molecular complexity index is 919. The molecule has 7 heteroatoms. The van der Waals surface area contributed by atoms with E-state index in [1.165, 1.54) is 5.56 Å². The number of piperidine rings is 1. The molecular weight excluding hydrogens is 346 g/mol. The maximum atomic E-state index is 12.8. The summed E-state index contributed by atoms with van der Waals surface area (Å²) in [7, 11) is 0. The van der Waals surface area contributed by atoms with Gasteiger partial charge in [0.25, 0.3) is 5.91 Å². The molecule has 6 nitrogen and oxygen atoms in total. The summed E-state index contributed by atoms with van der Waals surface area (Å²) in [6.07, 6.45) is 1.89. The highest BCUT2D eigenvalue weighted by Gasteiger charge is 2.27. The lowest BCUT2D eigenvalue weighted by atomic mass is 9.96. The lowest BCUT2D eigenvalue weighted by Gasteiger charge is -2.31. The molecule has 26 heavy (non-hydrogen) atoms. The van der Waals surface area contributed by atoms with E-state index in [2.05, 4.69) is 41.3 Å². The van der Waals surface area contributed by atoms with E-state index in [9.17, 15) is 4.79 Å². The number of hydrogen-bond acceptors (Lipinski definition) is 5. The molecule has 0 aliphatic carbocycles. The Morgan fingerprint density at radius 3 is 2.46 bits per heavy atom. The van der Waals surface area contributed by atoms with E-state index in [0.29, 0.717) is 11.8 Å². The number of amides is 1. The Labute approximate surface area is 156 Å². The number of likely N-dealkylation sites (tertiary alicyclic amines) is 1. The standard InChI is InChI=1S/C19H23N5OS/c1-12(2)14-4-6-16(7-5-14)18(25)23-10-8-15(9-11-23)17-22-24-13(3)20-21-19(24)26-17/h4-7,12,15H,8-11H2,1-3H3. The minimum absolute atomic E-state index is 0.132. The maximum Gasteiger partial charge on any atom is 0.253 e. The summed E-state index contributed by atoms with van der Waals surface area (Å²) in [5, 5.41) is 13.9. The van der Waals surface area contributed by atoms with Crippen LogP contribution in [0.1, 0.15) is 65.3 Å². The smallest absolute Gasteiger partial charge is 0.253 e. The van der Waals surface area contributed by atoms with E-state index in [1.807, 2.05) is 28.5 Å². The Morgan fingerprint density at radius 1 is 1.15 bits per heavy atom. The summed E-state index contributed by atoms with van der Waals surface area (Å²) in [5.41, 5.74) is 2.04. The van der Waals surface area contributed by atoms with Gasteiger partial charge >= 0.3 is 0 Å². The molecule has 0 bridgehead atoms. The van der Waals surface area contributed by atoms with Gasteiger partial charge in [0.05, 0.1) is 0 Å². The number of fused-ring (bicyclic) bond motifs is 1. The summed E-state index contributed by atoms with van der Waals surface area (Å²) in [5.74, 6) is 1.83. The van der Waals surface area contributed by atoms with Crippen molar-refractivity contribution in [3.63, 3.8) is 0 Å². The van der Waals surface area contributed by atoms with Crippen LogP contribution in [0.3, 0.4) is 0 Å². The lowest BCUT2D eigenvalue weighted by Crippen LogP contribution is -2.37. The molecule has 2 aromatic heterocycles. The molecule has 1 aromatic carbocycles. The van der Waals surface area contributed by atoms with Gasteiger partial charge in [-0.3, -0.25) is 4.79 Å². The first kappa shape index (κ1) is 17.1. The van der Waals surface area contributed by atoms with Gasteiger partial charge in [0.1, 0.15) is 5.01 Å². The van der Waals surface area contributed by atoms with E-state index in [1.54, 1.807) is 11.3 Å². The SMILES string of the molecule is Cc1nnc2sc(C3CCN(C(=O)c4ccc(C(C)C)cc4)CC3)nn12. The van der Waals surface area contributed by atoms with Crippen LogP contribution in [0.25, 0.3) is 4.96 Å². The molecule has 1 saturated heterocycles. The molecule has 4 rings (SSSR count). The molecular formula is C19H23N5OS. The van der Waals surface area contributed by atoms with Crippen molar-refractivity contribution in [3.05, 3.63) is 46.2 Å². The van der Waals surface area contributed by atoms with Crippen molar-refractivity contribution in [2.75, 3.05) is 13.1 Å². The van der Waals surface area contributed by atoms with Gasteiger partial charge in [-0.1, -0.05) is 37.3 Å². The van der Waals surface area contributed by atoms with E-state index in [4.69, 9.17) is 0 Å². The summed E-state index contributed by atoms with van der Waals surface area (Å²) < 4.78 is 1.81. The predicted octanol–water partition coefficient (Wildman–Crippen LogP) is 3.64. The van der Waals surface area contributed by atoms with Crippen LogP contribution in [0, 0.1) is 6.92 Å². The van der Waals surface area contributed by atoms with Crippen molar-refractivity contribution in [1.82, 2.24) is 24.7 Å². The number of rotatable bonds is 3. The van der Waals surface area contributed by atoms with Crippen LogP contribution >= 0.6 is 11.3 Å². The van der Waals surface area contributed by atoms with Crippen LogP contribution in [0.4, 0.5) is 0 Å². The molecule has 0 atom stereocenters. The fourth-order valence-corrected chi connectivity index (χ4v) is 4.47. The molecule has 1 fully saturated rings. The van der Waals surface area contributed by atoms with Gasteiger partial charge in [0.15, 0.2) is 5.82 Å². The molecule has 0 spiro atoms. The zero-order valence-electron chi connectivity index (χ0n) is 15.3. The van der Waals surface area contributed by atoms with Gasteiger partial charge in [-0.05, 0) is 43.4 Å². The molecule has 0 radical (unpaired) electrons. The fourth-order valence-electron chi connectivity index (χ4n) is 3.42. The number of carbonyl (C=O) groups excluding carboxylic acids is 1. The number of aromatic nitrogens is 4. The number of carbonyl (C=O) groups is 1. The highest BCUT2D eigenvalue weighted by Crippen LogP contribution is 2.31. The molecule has 1 amide bonds. The van der Waals surface area contributed by atoms with Crippen LogP contribution in [0.2, 0.25) is 0 Å². The van der Waals surface area contributed by atoms with Crippen molar-refractivity contribution in [1.29, 1.82) is 0 Å². The second kappa shape index (κ2) is 6.79. The topological polar surface area (TPSA) is 63.4 Å². The van der Waals surface area contributed by atoms with Crippen molar-refractivity contribution in [2.45, 2.75) is 45.4 Å². The van der Waals surface area contributed by atoms with Crippen molar-refractivity contribution < 1.29 is 4.79 Å². The highest BCUT2D eigenvalue weighted by molar-refractivity contribution is 7.16. The van der Waals surface area contributed by atoms with Crippen LogP contribution < -0.4 is 0 Å². The monoisotopic (exact) mass is 369 g/mol. The first-order chi connectivity index (χ1) is 12.5. The molecule has 1 aliphatic heterocycles. The number of nitrogens with zero attached hydrogens (tertiary/aromatic N) is 5. The van der Waals surface area contributed by atoms with Gasteiger partial charge in [0.2, 0.25) is 4.96 Å². The van der Waals surface area contributed by atoms with Crippen LogP contribution in [-0.2, 0) is 0 Å². The molecule has 136 valence electrons. The van der Waals surface area contributed by atoms with Crippen molar-refractivity contribution in [2.24, 2.45) is 0 Å². The van der Waals surface area contributed by atoms with Crippen molar-refractivity contribution >= 4 is 22.2 Å². The fraction of sp³-hybridized carbons (Fsp3) is 0.474. The third kappa shape index (κ3) is 3.11. The van der Waals surface area contributed by atoms with E-state index >= 15 is 0 Å². The van der Waals surface area contributed by atoms with Gasteiger partial charge in [0, 0.05) is 24.6 Å². The molecule has 1 aliphatic rings. The van der Waals surface area contributed by atoms with E-state index in [-0.39, 0.29) is 5.91 Å². The van der Waals surface area contributed by atoms with Crippen LogP contribution in [-0.4, -0.2) is 43.7 Å². The average molecular weight is 369 g/mol. The van der Waals surface area contributed by atoms with Gasteiger partial charge in [-0.2, -0.15) is 9.61 Å². The third-order valence-corrected chi connectivity index (χ3v) is 6.18. The number of benzene rings is 1. The van der Waals surface area contributed by atoms with Gasteiger partial charge in [-0.15, -0.1) is 10.2 Å². The minimum Gasteiger partial charge on any atom is -0.339 e. The zero-order chi connectivity index (χ0) is 18.3.